The molecule has 0 rings (SSSR count). The number of unbranched alkanes of at least 4 members (excludes halogenated alkanes) is 6. The van der Waals surface area contributed by atoms with Crippen molar-refractivity contribution in [1.82, 2.24) is 0 Å². The Morgan fingerprint density at radius 3 is 2.00 bits per heavy atom. The van der Waals surface area contributed by atoms with Gasteiger partial charge in [-0.15, -0.1) is 0 Å². The summed E-state index contributed by atoms with van der Waals surface area (Å²) in [6.07, 6.45) is 10.4. The van der Waals surface area contributed by atoms with Gasteiger partial charge in [-0.3, -0.25) is 0 Å². The van der Waals surface area contributed by atoms with Gasteiger partial charge in [0.2, 0.25) is 0 Å². The monoisotopic (exact) mass is 188 g/mol. The van der Waals surface area contributed by atoms with Gasteiger partial charge in [-0.05, 0) is 9.76 Å². The summed E-state index contributed by atoms with van der Waals surface area (Å²) in [7, 11) is 2.06. The Labute approximate surface area is 77.2 Å². The van der Waals surface area contributed by atoms with Crippen LogP contribution in [0.15, 0.2) is 0 Å². The maximum Gasteiger partial charge on any atom is 0.00412 e. The van der Waals surface area contributed by atoms with E-state index in [1.807, 2.05) is 0 Å². The summed E-state index contributed by atoms with van der Waals surface area (Å²) >= 11 is 0. The van der Waals surface area contributed by atoms with E-state index >= 15 is 0 Å². The van der Waals surface area contributed by atoms with Crippen LogP contribution in [0.4, 0.5) is 0 Å². The third-order valence-corrected chi connectivity index (χ3v) is 5.54. The summed E-state index contributed by atoms with van der Waals surface area (Å²) in [5, 5.41) is 0. The topological polar surface area (TPSA) is 0 Å². The van der Waals surface area contributed by atoms with Crippen LogP contribution in [0.25, 0.3) is 0 Å². The van der Waals surface area contributed by atoms with Gasteiger partial charge in [0.25, 0.3) is 0 Å². The molecule has 0 aromatic heterocycles. The van der Waals surface area contributed by atoms with Crippen LogP contribution in [0.2, 0.25) is 6.04 Å². The zero-order valence-electron chi connectivity index (χ0n) is 8.36. The molecule has 0 radical (unpaired) electrons. The summed E-state index contributed by atoms with van der Waals surface area (Å²) in [5.74, 6) is 0. The molecule has 0 bridgehead atoms. The van der Waals surface area contributed by atoms with Gasteiger partial charge in [0.15, 0.2) is 0 Å². The highest BCUT2D eigenvalue weighted by Gasteiger charge is 1.89. The lowest BCUT2D eigenvalue weighted by Gasteiger charge is -1.98. The van der Waals surface area contributed by atoms with Crippen molar-refractivity contribution in [3.8, 4) is 0 Å². The minimum Gasteiger partial charge on any atom is -0.0655 e. The zero-order chi connectivity index (χ0) is 8.36. The summed E-state index contributed by atoms with van der Waals surface area (Å²) in [6.45, 7) is 2.29. The summed E-state index contributed by atoms with van der Waals surface area (Å²) < 4.78 is 0. The van der Waals surface area contributed by atoms with Crippen LogP contribution in [0, 0.1) is 0 Å². The average molecular weight is 188 g/mol. The Morgan fingerprint density at radius 1 is 0.909 bits per heavy atom. The molecule has 0 N–H and O–H groups in total. The highest BCUT2D eigenvalue weighted by Crippen LogP contribution is 2.07. The molecule has 0 spiro atoms. The smallest absolute Gasteiger partial charge is 0.00412 e. The van der Waals surface area contributed by atoms with Crippen LogP contribution in [-0.2, 0) is 0 Å². The van der Waals surface area contributed by atoms with Crippen LogP contribution in [0.5, 0.6) is 0 Å². The maximum atomic E-state index is 2.29. The van der Waals surface area contributed by atoms with Gasteiger partial charge in [0.1, 0.15) is 0 Å². The van der Waals surface area contributed by atoms with Crippen LogP contribution < -0.4 is 0 Å². The van der Waals surface area contributed by atoms with Crippen LogP contribution in [-0.4, -0.2) is 18.8 Å². The van der Waals surface area contributed by atoms with Gasteiger partial charge in [0.05, 0.1) is 0 Å². The highest BCUT2D eigenvalue weighted by molar-refractivity contribution is 6.89. The van der Waals surface area contributed by atoms with Crippen molar-refractivity contribution in [2.24, 2.45) is 0 Å². The van der Waals surface area contributed by atoms with Crippen LogP contribution >= 0.6 is 0 Å². The molecule has 0 aliphatic carbocycles. The Balaban J connectivity index is 2.69. The van der Waals surface area contributed by atoms with Gasteiger partial charge in [-0.2, -0.15) is 0 Å². The first-order valence-electron chi connectivity index (χ1n) is 5.41. The SMILES string of the molecule is CCCCCCCCC[SiH2][SiH3]. The van der Waals surface area contributed by atoms with Crippen molar-refractivity contribution >= 4 is 18.8 Å². The van der Waals surface area contributed by atoms with Gasteiger partial charge in [-0.25, -0.2) is 0 Å². The highest BCUT2D eigenvalue weighted by atomic mass is 29.1. The molecular weight excluding hydrogens is 164 g/mol. The third kappa shape index (κ3) is 10.4. The number of hydrogen-bond donors (Lipinski definition) is 0. The Hall–Kier alpha value is 0.434. The minimum atomic E-state index is 0.509. The van der Waals surface area contributed by atoms with Gasteiger partial charge in [0, 0.05) is 9.04 Å². The Bertz CT molecular complexity index is 56.6. The molecular formula is C9H24Si2. The first-order valence-corrected chi connectivity index (χ1v) is 12.1. The maximum absolute atomic E-state index is 2.29. The Morgan fingerprint density at radius 2 is 1.45 bits per heavy atom. The molecule has 0 aliphatic heterocycles. The molecule has 0 aromatic rings. The standard InChI is InChI=1S/C9H24Si2/c1-2-3-4-5-6-7-8-9-11-10/h2-9,11H2,1,10H3. The summed E-state index contributed by atoms with van der Waals surface area (Å²) in [6, 6.07) is 1.64. The molecule has 68 valence electrons. The van der Waals surface area contributed by atoms with E-state index in [0.717, 1.165) is 0 Å². The van der Waals surface area contributed by atoms with E-state index in [2.05, 4.69) is 6.92 Å². The summed E-state index contributed by atoms with van der Waals surface area (Å²) in [5.41, 5.74) is 0. The molecule has 0 fully saturated rings. The number of rotatable bonds is 8. The fraction of sp³-hybridized carbons (Fsp3) is 1.00. The average Bonchev–Trinajstić information content (AvgIpc) is 2.03. The third-order valence-electron chi connectivity index (χ3n) is 2.21. The second-order valence-corrected chi connectivity index (χ2v) is 8.18. The summed E-state index contributed by atoms with van der Waals surface area (Å²) in [4.78, 5) is 0. The molecule has 0 saturated carbocycles. The van der Waals surface area contributed by atoms with Crippen LogP contribution in [0.1, 0.15) is 51.9 Å². The Kier molecular flexibility index (Phi) is 10.8. The fourth-order valence-electron chi connectivity index (χ4n) is 1.38. The molecule has 0 amide bonds. The van der Waals surface area contributed by atoms with E-state index in [9.17, 15) is 0 Å². The van der Waals surface area contributed by atoms with E-state index in [0.29, 0.717) is 9.04 Å². The molecule has 0 aromatic carbocycles. The van der Waals surface area contributed by atoms with Crippen molar-refractivity contribution in [1.29, 1.82) is 0 Å². The first kappa shape index (κ1) is 11.4. The van der Waals surface area contributed by atoms with Crippen molar-refractivity contribution < 1.29 is 0 Å². The lowest BCUT2D eigenvalue weighted by atomic mass is 10.1. The van der Waals surface area contributed by atoms with Crippen molar-refractivity contribution in [2.45, 2.75) is 57.9 Å². The van der Waals surface area contributed by atoms with Gasteiger partial charge >= 0.3 is 0 Å². The zero-order valence-corrected chi connectivity index (χ0v) is 11.8. The molecule has 0 saturated heterocycles. The lowest BCUT2D eigenvalue weighted by molar-refractivity contribution is 0.602. The van der Waals surface area contributed by atoms with E-state index in [1.165, 1.54) is 38.5 Å². The molecule has 0 aliphatic rings. The van der Waals surface area contributed by atoms with Gasteiger partial charge < -0.3 is 0 Å². The fourth-order valence-corrected chi connectivity index (χ4v) is 3.74. The molecule has 2 heteroatoms. The normalized spacial score (nSPS) is 11.7. The van der Waals surface area contributed by atoms with E-state index in [4.69, 9.17) is 0 Å². The predicted octanol–water partition coefficient (Wildman–Crippen LogP) is 1.60. The molecule has 0 nitrogen and oxygen atoms in total. The lowest BCUT2D eigenvalue weighted by Crippen LogP contribution is -1.87. The minimum absolute atomic E-state index is 0.509. The van der Waals surface area contributed by atoms with Gasteiger partial charge in [-0.1, -0.05) is 57.9 Å². The predicted molar refractivity (Wildman–Crippen MR) is 61.3 cm³/mol. The second-order valence-electron chi connectivity index (χ2n) is 3.47. The second kappa shape index (κ2) is 10.4. The molecule has 0 heterocycles. The van der Waals surface area contributed by atoms with Crippen molar-refractivity contribution in [3.05, 3.63) is 0 Å². The van der Waals surface area contributed by atoms with Crippen molar-refractivity contribution in [2.75, 3.05) is 0 Å². The molecule has 0 atom stereocenters. The van der Waals surface area contributed by atoms with E-state index < -0.39 is 0 Å². The molecule has 11 heavy (non-hydrogen) atoms. The van der Waals surface area contributed by atoms with Crippen LogP contribution in [0.3, 0.4) is 0 Å². The van der Waals surface area contributed by atoms with E-state index in [1.54, 1.807) is 22.2 Å². The van der Waals surface area contributed by atoms with E-state index in [-0.39, 0.29) is 0 Å². The number of hydrogen-bond acceptors (Lipinski definition) is 0. The molecule has 0 unspecified atom stereocenters. The largest absolute Gasteiger partial charge is 0.0655 e. The first-order chi connectivity index (χ1) is 5.41. The van der Waals surface area contributed by atoms with Crippen molar-refractivity contribution in [3.63, 3.8) is 0 Å². The quantitative estimate of drug-likeness (QED) is 0.401.